The number of benzene rings is 1. The highest BCUT2D eigenvalue weighted by atomic mass is 32.2. The summed E-state index contributed by atoms with van der Waals surface area (Å²) < 4.78 is 38.1. The Morgan fingerprint density at radius 1 is 1.26 bits per heavy atom. The maximum Gasteiger partial charge on any atom is 0.416 e. The lowest BCUT2D eigenvalue weighted by atomic mass is 10.00. The lowest BCUT2D eigenvalue weighted by Gasteiger charge is -2.32. The monoisotopic (exact) mass is 307 g/mol. The van der Waals surface area contributed by atoms with E-state index in [1.165, 1.54) is 12.1 Å². The van der Waals surface area contributed by atoms with Gasteiger partial charge in [0.25, 0.3) is 0 Å². The molecule has 0 radical (unpaired) electrons. The fourth-order valence-corrected chi connectivity index (χ4v) is 5.04. The van der Waals surface area contributed by atoms with E-state index < -0.39 is 11.7 Å². The maximum atomic E-state index is 12.7. The van der Waals surface area contributed by atoms with Crippen molar-refractivity contribution < 1.29 is 13.2 Å². The Balaban J connectivity index is 2.21. The number of nitrogens with two attached hydrogens (primary N) is 1. The van der Waals surface area contributed by atoms with E-state index in [-0.39, 0.29) is 11.3 Å². The van der Waals surface area contributed by atoms with Crippen LogP contribution in [0.2, 0.25) is 0 Å². The molecule has 0 saturated carbocycles. The Labute approximate surface area is 119 Å². The molecule has 1 nitrogen and oxygen atoms in total. The van der Waals surface area contributed by atoms with Gasteiger partial charge in [0.05, 0.1) is 5.56 Å². The summed E-state index contributed by atoms with van der Waals surface area (Å²) in [5.41, 5.74) is 6.12. The van der Waals surface area contributed by atoms with Crippen molar-refractivity contribution in [3.63, 3.8) is 0 Å². The van der Waals surface area contributed by atoms with Crippen LogP contribution in [0, 0.1) is 0 Å². The first-order valence-electron chi connectivity index (χ1n) is 6.05. The van der Waals surface area contributed by atoms with Gasteiger partial charge in [-0.25, -0.2) is 0 Å². The molecule has 0 amide bonds. The van der Waals surface area contributed by atoms with Gasteiger partial charge in [0.1, 0.15) is 0 Å². The zero-order valence-electron chi connectivity index (χ0n) is 10.5. The van der Waals surface area contributed by atoms with E-state index >= 15 is 0 Å². The summed E-state index contributed by atoms with van der Waals surface area (Å²) in [6, 6.07) is 5.03. The van der Waals surface area contributed by atoms with Crippen molar-refractivity contribution in [2.75, 3.05) is 11.5 Å². The molecule has 19 heavy (non-hydrogen) atoms. The van der Waals surface area contributed by atoms with Gasteiger partial charge in [-0.1, -0.05) is 19.1 Å². The zero-order chi connectivity index (χ0) is 14.0. The molecule has 1 aliphatic heterocycles. The van der Waals surface area contributed by atoms with Crippen LogP contribution in [0.3, 0.4) is 0 Å². The molecule has 6 heteroatoms. The topological polar surface area (TPSA) is 26.0 Å². The average Bonchev–Trinajstić information content (AvgIpc) is 2.38. The first-order valence-corrected chi connectivity index (χ1v) is 8.15. The third-order valence-corrected chi connectivity index (χ3v) is 6.41. The number of rotatable bonds is 2. The van der Waals surface area contributed by atoms with Crippen molar-refractivity contribution in [1.29, 1.82) is 0 Å². The molecule has 1 aromatic carbocycles. The van der Waals surface area contributed by atoms with E-state index in [1.54, 1.807) is 17.8 Å². The summed E-state index contributed by atoms with van der Waals surface area (Å²) in [5, 5.41) is 0.533. The van der Waals surface area contributed by atoms with Gasteiger partial charge in [-0.3, -0.25) is 0 Å². The lowest BCUT2D eigenvalue weighted by molar-refractivity contribution is -0.137. The maximum absolute atomic E-state index is 12.7. The van der Waals surface area contributed by atoms with Crippen LogP contribution < -0.4 is 5.73 Å². The molecular formula is C13H16F3NS2. The van der Waals surface area contributed by atoms with Crippen molar-refractivity contribution in [2.24, 2.45) is 5.73 Å². The van der Waals surface area contributed by atoms with Crippen LogP contribution >= 0.6 is 23.5 Å². The summed E-state index contributed by atoms with van der Waals surface area (Å²) in [4.78, 5) is 0. The highest BCUT2D eigenvalue weighted by Crippen LogP contribution is 2.38. The molecule has 1 aliphatic rings. The molecule has 1 saturated heterocycles. The highest BCUT2D eigenvalue weighted by molar-refractivity contribution is 8.07. The smallest absolute Gasteiger partial charge is 0.323 e. The van der Waals surface area contributed by atoms with E-state index in [0.717, 1.165) is 17.6 Å². The van der Waals surface area contributed by atoms with Crippen molar-refractivity contribution in [3.8, 4) is 0 Å². The van der Waals surface area contributed by atoms with Crippen LogP contribution in [0.1, 0.15) is 24.1 Å². The Morgan fingerprint density at radius 3 is 2.58 bits per heavy atom. The molecule has 2 rings (SSSR count). The summed E-state index contributed by atoms with van der Waals surface area (Å²) in [5.74, 6) is 2.09. The van der Waals surface area contributed by atoms with Gasteiger partial charge in [-0.15, -0.1) is 0 Å². The van der Waals surface area contributed by atoms with Crippen LogP contribution in [0.5, 0.6) is 0 Å². The average molecular weight is 307 g/mol. The van der Waals surface area contributed by atoms with Crippen LogP contribution in [-0.4, -0.2) is 22.0 Å². The Kier molecular flexibility index (Phi) is 4.74. The van der Waals surface area contributed by atoms with Gasteiger partial charge in [0, 0.05) is 28.0 Å². The largest absolute Gasteiger partial charge is 0.416 e. The molecule has 1 fully saturated rings. The molecule has 1 heterocycles. The number of hydrogen-bond acceptors (Lipinski definition) is 3. The van der Waals surface area contributed by atoms with E-state index in [9.17, 15) is 13.2 Å². The molecule has 0 bridgehead atoms. The molecule has 0 spiro atoms. The molecule has 106 valence electrons. The van der Waals surface area contributed by atoms with Gasteiger partial charge < -0.3 is 5.73 Å². The Morgan fingerprint density at radius 2 is 1.95 bits per heavy atom. The number of alkyl halides is 3. The van der Waals surface area contributed by atoms with Crippen molar-refractivity contribution in [2.45, 2.75) is 29.6 Å². The van der Waals surface area contributed by atoms with Gasteiger partial charge >= 0.3 is 6.18 Å². The van der Waals surface area contributed by atoms with Crippen molar-refractivity contribution in [3.05, 3.63) is 35.4 Å². The Bertz CT molecular complexity index is 436. The van der Waals surface area contributed by atoms with Crippen molar-refractivity contribution in [1.82, 2.24) is 0 Å². The van der Waals surface area contributed by atoms with E-state index in [1.807, 2.05) is 11.8 Å². The van der Waals surface area contributed by atoms with E-state index in [4.69, 9.17) is 5.73 Å². The standard InChI is InChI=1S/C13H16F3NS2/c1-8-12(19-6-5-18-8)11(17)9-3-2-4-10(7-9)13(14,15)16/h2-4,7-8,11-12H,5-6,17H2,1H3. The number of hydrogen-bond donors (Lipinski definition) is 1. The SMILES string of the molecule is CC1SCCSC1C(N)c1cccc(C(F)(F)F)c1. The van der Waals surface area contributed by atoms with Gasteiger partial charge in [0.15, 0.2) is 0 Å². The minimum Gasteiger partial charge on any atom is -0.323 e. The molecule has 3 atom stereocenters. The third-order valence-electron chi connectivity index (χ3n) is 3.19. The quantitative estimate of drug-likeness (QED) is 0.896. The van der Waals surface area contributed by atoms with Gasteiger partial charge in [-0.2, -0.15) is 36.7 Å². The summed E-state index contributed by atoms with van der Waals surface area (Å²) in [7, 11) is 0. The highest BCUT2D eigenvalue weighted by Gasteiger charge is 2.33. The summed E-state index contributed by atoms with van der Waals surface area (Å²) in [6.45, 7) is 2.09. The molecule has 1 aromatic rings. The number of halogens is 3. The molecular weight excluding hydrogens is 291 g/mol. The second-order valence-electron chi connectivity index (χ2n) is 4.56. The van der Waals surface area contributed by atoms with E-state index in [0.29, 0.717) is 10.8 Å². The summed E-state index contributed by atoms with van der Waals surface area (Å²) in [6.07, 6.45) is -4.31. The first kappa shape index (κ1) is 15.1. The Hall–Kier alpha value is -0.330. The predicted octanol–water partition coefficient (Wildman–Crippen LogP) is 3.94. The van der Waals surface area contributed by atoms with Gasteiger partial charge in [-0.05, 0) is 17.7 Å². The van der Waals surface area contributed by atoms with Crippen LogP contribution in [0.4, 0.5) is 13.2 Å². The van der Waals surface area contributed by atoms with Crippen LogP contribution in [0.25, 0.3) is 0 Å². The minimum atomic E-state index is -4.31. The molecule has 2 N–H and O–H groups in total. The molecule has 0 aromatic heterocycles. The molecule has 0 aliphatic carbocycles. The van der Waals surface area contributed by atoms with Crippen LogP contribution in [0.15, 0.2) is 24.3 Å². The zero-order valence-corrected chi connectivity index (χ0v) is 12.1. The summed E-state index contributed by atoms with van der Waals surface area (Å²) >= 11 is 3.60. The normalized spacial score (nSPS) is 26.2. The fraction of sp³-hybridized carbons (Fsp3) is 0.538. The second-order valence-corrected chi connectivity index (χ2v) is 7.33. The predicted molar refractivity (Wildman–Crippen MR) is 76.5 cm³/mol. The fourth-order valence-electron chi connectivity index (χ4n) is 2.16. The van der Waals surface area contributed by atoms with E-state index in [2.05, 4.69) is 6.92 Å². The third kappa shape index (κ3) is 3.61. The van der Waals surface area contributed by atoms with Gasteiger partial charge in [0.2, 0.25) is 0 Å². The lowest BCUT2D eigenvalue weighted by Crippen LogP contribution is -2.34. The number of thioether (sulfide) groups is 2. The molecule has 3 unspecified atom stereocenters. The second kappa shape index (κ2) is 5.97. The first-order chi connectivity index (χ1) is 8.89. The van der Waals surface area contributed by atoms with Crippen molar-refractivity contribution >= 4 is 23.5 Å². The minimum absolute atomic E-state index is 0.169. The van der Waals surface area contributed by atoms with Crippen LogP contribution in [-0.2, 0) is 6.18 Å².